The first-order valence-corrected chi connectivity index (χ1v) is 24.8. The van der Waals surface area contributed by atoms with E-state index in [4.69, 9.17) is 14.2 Å². The first kappa shape index (κ1) is 57.3. The van der Waals surface area contributed by atoms with Crippen LogP contribution in [-0.4, -0.2) is 37.2 Å². The van der Waals surface area contributed by atoms with Gasteiger partial charge in [-0.1, -0.05) is 195 Å². The first-order valence-electron chi connectivity index (χ1n) is 24.8. The Kier molecular flexibility index (Phi) is 46.0. The van der Waals surface area contributed by atoms with Gasteiger partial charge in [-0.3, -0.25) is 14.4 Å². The van der Waals surface area contributed by atoms with Gasteiger partial charge in [-0.05, 0) is 96.3 Å². The fourth-order valence-corrected chi connectivity index (χ4v) is 6.35. The van der Waals surface area contributed by atoms with Gasteiger partial charge in [-0.15, -0.1) is 0 Å². The molecule has 0 radical (unpaired) electrons. The number of rotatable bonds is 43. The van der Waals surface area contributed by atoms with Gasteiger partial charge in [0, 0.05) is 19.3 Å². The zero-order chi connectivity index (χ0) is 44.4. The van der Waals surface area contributed by atoms with E-state index in [1.807, 2.05) is 0 Å². The lowest BCUT2D eigenvalue weighted by molar-refractivity contribution is -0.167. The van der Waals surface area contributed by atoms with Crippen LogP contribution in [0.1, 0.15) is 213 Å². The van der Waals surface area contributed by atoms with Crippen LogP contribution in [-0.2, 0) is 28.6 Å². The summed E-state index contributed by atoms with van der Waals surface area (Å²) < 4.78 is 16.7. The molecule has 0 bridgehead atoms. The van der Waals surface area contributed by atoms with Gasteiger partial charge >= 0.3 is 17.9 Å². The summed E-state index contributed by atoms with van der Waals surface area (Å²) in [5, 5.41) is 0. The summed E-state index contributed by atoms with van der Waals surface area (Å²) in [4.78, 5) is 37.9. The molecule has 346 valence electrons. The molecule has 0 N–H and O–H groups in total. The summed E-state index contributed by atoms with van der Waals surface area (Å²) in [6, 6.07) is 0. The van der Waals surface area contributed by atoms with Gasteiger partial charge in [0.1, 0.15) is 13.2 Å². The number of ether oxygens (including phenoxy) is 3. The molecule has 0 aliphatic rings. The lowest BCUT2D eigenvalue weighted by Gasteiger charge is -2.18. The third-order valence-electron chi connectivity index (χ3n) is 10.1. The minimum absolute atomic E-state index is 0.105. The molecule has 0 rings (SSSR count). The molecule has 0 fully saturated rings. The molecule has 1 unspecified atom stereocenters. The Hall–Kier alpha value is -3.67. The maximum absolute atomic E-state index is 12.8. The molecular formula is C55H90O6. The molecule has 6 nitrogen and oxygen atoms in total. The summed E-state index contributed by atoms with van der Waals surface area (Å²) in [7, 11) is 0. The summed E-state index contributed by atoms with van der Waals surface area (Å²) in [5.41, 5.74) is 0. The molecule has 0 spiro atoms. The lowest BCUT2D eigenvalue weighted by Crippen LogP contribution is -2.30. The van der Waals surface area contributed by atoms with Crippen molar-refractivity contribution < 1.29 is 28.6 Å². The molecule has 0 amide bonds. The molecule has 0 aliphatic carbocycles. The van der Waals surface area contributed by atoms with Gasteiger partial charge < -0.3 is 14.2 Å². The van der Waals surface area contributed by atoms with Crippen LogP contribution in [0.3, 0.4) is 0 Å². The zero-order valence-electron chi connectivity index (χ0n) is 39.4. The highest BCUT2D eigenvalue weighted by Gasteiger charge is 2.19. The monoisotopic (exact) mass is 847 g/mol. The molecule has 0 heterocycles. The number of hydrogen-bond acceptors (Lipinski definition) is 6. The van der Waals surface area contributed by atoms with E-state index in [0.29, 0.717) is 19.3 Å². The van der Waals surface area contributed by atoms with E-state index in [9.17, 15) is 14.4 Å². The Balaban J connectivity index is 4.50. The maximum atomic E-state index is 12.8. The van der Waals surface area contributed by atoms with Crippen LogP contribution in [0.5, 0.6) is 0 Å². The third kappa shape index (κ3) is 47.2. The SMILES string of the molecule is CC\C=C/C=C\C=C/CCCCCCCCCC(=O)OC(COC(=O)CCC/C=C\C/C=C\C/C=C\C/C=C\CCCCC)COC(=O)CCCCCCC/C=C\CCCC. The van der Waals surface area contributed by atoms with Crippen LogP contribution in [0.25, 0.3) is 0 Å². The second-order valence-electron chi connectivity index (χ2n) is 16.0. The number of esters is 3. The Morgan fingerprint density at radius 3 is 1.26 bits per heavy atom. The first-order chi connectivity index (χ1) is 30.0. The summed E-state index contributed by atoms with van der Waals surface area (Å²) in [6.45, 7) is 6.36. The maximum Gasteiger partial charge on any atom is 0.306 e. The molecule has 0 aliphatic heterocycles. The number of unbranched alkanes of at least 4 members (excludes halogenated alkanes) is 18. The van der Waals surface area contributed by atoms with Crippen LogP contribution in [0, 0.1) is 0 Å². The minimum Gasteiger partial charge on any atom is -0.462 e. The van der Waals surface area contributed by atoms with Crippen molar-refractivity contribution >= 4 is 17.9 Å². The molecule has 0 aromatic rings. The van der Waals surface area contributed by atoms with Crippen LogP contribution < -0.4 is 0 Å². The third-order valence-corrected chi connectivity index (χ3v) is 10.1. The molecular weight excluding hydrogens is 757 g/mol. The van der Waals surface area contributed by atoms with Crippen molar-refractivity contribution in [1.29, 1.82) is 0 Å². The Bertz CT molecular complexity index is 1250. The fourth-order valence-electron chi connectivity index (χ4n) is 6.35. The Labute approximate surface area is 375 Å². The van der Waals surface area contributed by atoms with E-state index < -0.39 is 6.10 Å². The average molecular weight is 847 g/mol. The number of hydrogen-bond donors (Lipinski definition) is 0. The summed E-state index contributed by atoms with van der Waals surface area (Å²) in [6.07, 6.45) is 63.9. The average Bonchev–Trinajstić information content (AvgIpc) is 3.26. The molecule has 1 atom stereocenters. The summed E-state index contributed by atoms with van der Waals surface area (Å²) in [5.74, 6) is -0.991. The van der Waals surface area contributed by atoms with E-state index in [-0.39, 0.29) is 37.5 Å². The van der Waals surface area contributed by atoms with Crippen molar-refractivity contribution in [2.75, 3.05) is 13.2 Å². The van der Waals surface area contributed by atoms with E-state index in [2.05, 4.69) is 118 Å². The van der Waals surface area contributed by atoms with Crippen molar-refractivity contribution in [3.8, 4) is 0 Å². The van der Waals surface area contributed by atoms with Gasteiger partial charge in [0.15, 0.2) is 6.10 Å². The predicted molar refractivity (Wildman–Crippen MR) is 260 cm³/mol. The normalized spacial score (nSPS) is 12.9. The van der Waals surface area contributed by atoms with Gasteiger partial charge in [0.25, 0.3) is 0 Å². The van der Waals surface area contributed by atoms with E-state index in [1.165, 1.54) is 70.6 Å². The molecule has 0 saturated heterocycles. The number of carbonyl (C=O) groups excluding carboxylic acids is 3. The van der Waals surface area contributed by atoms with E-state index >= 15 is 0 Å². The highest BCUT2D eigenvalue weighted by molar-refractivity contribution is 5.71. The van der Waals surface area contributed by atoms with Gasteiger partial charge in [0.05, 0.1) is 0 Å². The molecule has 61 heavy (non-hydrogen) atoms. The highest BCUT2D eigenvalue weighted by Crippen LogP contribution is 2.13. The van der Waals surface area contributed by atoms with Crippen LogP contribution in [0.2, 0.25) is 0 Å². The van der Waals surface area contributed by atoms with Gasteiger partial charge in [0.2, 0.25) is 0 Å². The molecule has 0 aromatic carbocycles. The summed E-state index contributed by atoms with van der Waals surface area (Å²) >= 11 is 0. The second-order valence-corrected chi connectivity index (χ2v) is 16.0. The van der Waals surface area contributed by atoms with Crippen molar-refractivity contribution in [2.24, 2.45) is 0 Å². The number of allylic oxidation sites excluding steroid dienone is 16. The van der Waals surface area contributed by atoms with Crippen molar-refractivity contribution in [3.05, 3.63) is 97.2 Å². The largest absolute Gasteiger partial charge is 0.462 e. The van der Waals surface area contributed by atoms with E-state index in [0.717, 1.165) is 96.3 Å². The van der Waals surface area contributed by atoms with Gasteiger partial charge in [-0.25, -0.2) is 0 Å². The Morgan fingerprint density at radius 1 is 0.361 bits per heavy atom. The number of carbonyl (C=O) groups is 3. The van der Waals surface area contributed by atoms with Crippen molar-refractivity contribution in [1.82, 2.24) is 0 Å². The van der Waals surface area contributed by atoms with Gasteiger partial charge in [-0.2, -0.15) is 0 Å². The molecule has 0 aromatic heterocycles. The van der Waals surface area contributed by atoms with Crippen LogP contribution in [0.4, 0.5) is 0 Å². The minimum atomic E-state index is -0.809. The topological polar surface area (TPSA) is 78.9 Å². The lowest BCUT2D eigenvalue weighted by atomic mass is 10.1. The zero-order valence-corrected chi connectivity index (χ0v) is 39.4. The quantitative estimate of drug-likeness (QED) is 0.0200. The molecule has 0 saturated carbocycles. The smallest absolute Gasteiger partial charge is 0.306 e. The highest BCUT2D eigenvalue weighted by atomic mass is 16.6. The Morgan fingerprint density at radius 2 is 0.738 bits per heavy atom. The van der Waals surface area contributed by atoms with Crippen molar-refractivity contribution in [2.45, 2.75) is 219 Å². The second kappa shape index (κ2) is 49.0. The standard InChI is InChI=1S/C55H90O6/c1-4-7-10-13-16-19-22-24-26-27-29-30-33-36-39-42-45-48-54(57)60-51-52(50-59-53(56)47-44-41-38-35-32-21-18-15-12-9-6-3)61-55(58)49-46-43-40-37-34-31-28-25-23-20-17-14-11-8-5-2/h8,11,14-20,23-24,26,29-30,36,39,52H,4-7,9-10,12-13,21-22,25,27-28,31-35,37-38,40-51H2,1-3H3/b11-8-,17-14-,18-15-,19-16-,23-20-,26-24-,30-29-,39-36-. The van der Waals surface area contributed by atoms with E-state index in [1.54, 1.807) is 0 Å². The van der Waals surface area contributed by atoms with Crippen molar-refractivity contribution in [3.63, 3.8) is 0 Å². The fraction of sp³-hybridized carbons (Fsp3) is 0.655. The predicted octanol–water partition coefficient (Wildman–Crippen LogP) is 16.2. The molecule has 6 heteroatoms. The van der Waals surface area contributed by atoms with Crippen LogP contribution >= 0.6 is 0 Å². The van der Waals surface area contributed by atoms with Crippen LogP contribution in [0.15, 0.2) is 97.2 Å².